The van der Waals surface area contributed by atoms with Crippen molar-refractivity contribution in [3.05, 3.63) is 11.5 Å². The summed E-state index contributed by atoms with van der Waals surface area (Å²) in [6.07, 6.45) is 2.48. The maximum absolute atomic E-state index is 12.5. The molecule has 7 nitrogen and oxygen atoms in total. The molecule has 1 fully saturated rings. The van der Waals surface area contributed by atoms with E-state index in [1.807, 2.05) is 0 Å². The number of carbonyl (C=O) groups is 1. The normalized spacial score (nSPS) is 18.3. The van der Waals surface area contributed by atoms with Gasteiger partial charge in [0, 0.05) is 5.54 Å². The van der Waals surface area contributed by atoms with Crippen LogP contribution in [0.5, 0.6) is 0 Å². The van der Waals surface area contributed by atoms with Crippen LogP contribution in [0.3, 0.4) is 0 Å². The van der Waals surface area contributed by atoms with Gasteiger partial charge in [-0.3, -0.25) is 4.79 Å². The van der Waals surface area contributed by atoms with Gasteiger partial charge in [-0.05, 0) is 26.7 Å². The van der Waals surface area contributed by atoms with Crippen LogP contribution in [0, 0.1) is 13.8 Å². The van der Waals surface area contributed by atoms with Crippen LogP contribution in [0.2, 0.25) is 0 Å². The fraction of sp³-hybridized carbons (Fsp3) is 0.667. The highest BCUT2D eigenvalue weighted by molar-refractivity contribution is 7.89. The number of aromatic nitrogens is 1. The van der Waals surface area contributed by atoms with Crippen LogP contribution < -0.4 is 4.72 Å². The lowest BCUT2D eigenvalue weighted by Gasteiger charge is -2.28. The van der Waals surface area contributed by atoms with Gasteiger partial charge < -0.3 is 9.63 Å². The van der Waals surface area contributed by atoms with E-state index < -0.39 is 21.5 Å². The number of nitrogens with one attached hydrogen (secondary N) is 1. The van der Waals surface area contributed by atoms with E-state index in [1.165, 1.54) is 6.92 Å². The smallest absolute Gasteiger partial charge is 0.305 e. The van der Waals surface area contributed by atoms with Crippen molar-refractivity contribution >= 4 is 16.0 Å². The topological polar surface area (TPSA) is 110 Å². The average molecular weight is 302 g/mol. The van der Waals surface area contributed by atoms with Gasteiger partial charge >= 0.3 is 5.97 Å². The lowest BCUT2D eigenvalue weighted by molar-refractivity contribution is -0.138. The number of carboxylic acid groups (broad SMARTS) is 1. The summed E-state index contributed by atoms with van der Waals surface area (Å²) in [5.74, 6) is -0.799. The van der Waals surface area contributed by atoms with E-state index >= 15 is 0 Å². The average Bonchev–Trinajstić information content (AvgIpc) is 2.85. The Hall–Kier alpha value is -1.41. The Balaban J connectivity index is 2.33. The maximum atomic E-state index is 12.5. The van der Waals surface area contributed by atoms with Crippen molar-refractivity contribution in [2.24, 2.45) is 0 Å². The molecule has 0 spiro atoms. The van der Waals surface area contributed by atoms with Crippen LogP contribution in [0.1, 0.15) is 43.6 Å². The largest absolute Gasteiger partial charge is 0.481 e. The molecule has 0 bridgehead atoms. The Kier molecular flexibility index (Phi) is 3.88. The molecule has 0 atom stereocenters. The first-order valence-corrected chi connectivity index (χ1v) is 7.93. The number of hydrogen-bond donors (Lipinski definition) is 2. The number of rotatable bonds is 5. The van der Waals surface area contributed by atoms with Gasteiger partial charge in [0.15, 0.2) is 5.76 Å². The molecule has 1 aromatic heterocycles. The first kappa shape index (κ1) is 15.0. The SMILES string of the molecule is Cc1noc(C)c1S(=O)(=O)NC1(CC(=O)O)CCCC1. The van der Waals surface area contributed by atoms with E-state index in [-0.39, 0.29) is 22.8 Å². The summed E-state index contributed by atoms with van der Waals surface area (Å²) in [6, 6.07) is 0. The third-order valence-electron chi connectivity index (χ3n) is 3.64. The minimum absolute atomic E-state index is 0.00848. The third-order valence-corrected chi connectivity index (χ3v) is 5.46. The molecular weight excluding hydrogens is 284 g/mol. The van der Waals surface area contributed by atoms with Gasteiger partial charge in [-0.2, -0.15) is 0 Å². The first-order valence-electron chi connectivity index (χ1n) is 6.44. The molecule has 20 heavy (non-hydrogen) atoms. The number of aliphatic carboxylic acids is 1. The van der Waals surface area contributed by atoms with Gasteiger partial charge in [-0.1, -0.05) is 18.0 Å². The van der Waals surface area contributed by atoms with Crippen molar-refractivity contribution in [1.29, 1.82) is 0 Å². The molecule has 8 heteroatoms. The molecule has 112 valence electrons. The number of sulfonamides is 1. The van der Waals surface area contributed by atoms with E-state index in [2.05, 4.69) is 9.88 Å². The van der Waals surface area contributed by atoms with Gasteiger partial charge in [0.1, 0.15) is 10.6 Å². The molecule has 0 radical (unpaired) electrons. The summed E-state index contributed by atoms with van der Waals surface area (Å²) >= 11 is 0. The van der Waals surface area contributed by atoms with Crippen molar-refractivity contribution in [2.45, 2.75) is 56.4 Å². The molecular formula is C12H18N2O5S. The van der Waals surface area contributed by atoms with Crippen molar-refractivity contribution in [3.63, 3.8) is 0 Å². The maximum Gasteiger partial charge on any atom is 0.305 e. The molecule has 0 amide bonds. The summed E-state index contributed by atoms with van der Waals surface area (Å²) in [7, 11) is -3.84. The van der Waals surface area contributed by atoms with Crippen LogP contribution in [0.15, 0.2) is 9.42 Å². The number of aryl methyl sites for hydroxylation is 2. The molecule has 0 unspecified atom stereocenters. The Bertz CT molecular complexity index is 594. The highest BCUT2D eigenvalue weighted by Crippen LogP contribution is 2.34. The van der Waals surface area contributed by atoms with Gasteiger partial charge in [-0.15, -0.1) is 0 Å². The predicted molar refractivity (Wildman–Crippen MR) is 69.8 cm³/mol. The summed E-state index contributed by atoms with van der Waals surface area (Å²) < 4.78 is 32.4. The summed E-state index contributed by atoms with van der Waals surface area (Å²) in [6.45, 7) is 3.07. The fourth-order valence-electron chi connectivity index (χ4n) is 2.85. The van der Waals surface area contributed by atoms with Gasteiger partial charge in [0.25, 0.3) is 0 Å². The second-order valence-electron chi connectivity index (χ2n) is 5.32. The zero-order valence-electron chi connectivity index (χ0n) is 11.5. The molecule has 0 aliphatic heterocycles. The highest BCUT2D eigenvalue weighted by Gasteiger charge is 2.41. The minimum Gasteiger partial charge on any atom is -0.481 e. The Morgan fingerprint density at radius 1 is 1.40 bits per heavy atom. The van der Waals surface area contributed by atoms with Crippen molar-refractivity contribution in [1.82, 2.24) is 9.88 Å². The van der Waals surface area contributed by atoms with E-state index in [4.69, 9.17) is 9.63 Å². The standard InChI is InChI=1S/C12H18N2O5S/c1-8-11(9(2)19-13-8)20(17,18)14-12(7-10(15)16)5-3-4-6-12/h14H,3-7H2,1-2H3,(H,15,16). The minimum atomic E-state index is -3.84. The third kappa shape index (κ3) is 2.85. The Morgan fingerprint density at radius 2 is 2.00 bits per heavy atom. The molecule has 1 saturated carbocycles. The zero-order chi connectivity index (χ0) is 15.0. The van der Waals surface area contributed by atoms with Crippen molar-refractivity contribution in [3.8, 4) is 0 Å². The number of hydrogen-bond acceptors (Lipinski definition) is 5. The van der Waals surface area contributed by atoms with Gasteiger partial charge in [0.2, 0.25) is 10.0 Å². The van der Waals surface area contributed by atoms with E-state index in [0.717, 1.165) is 12.8 Å². The quantitative estimate of drug-likeness (QED) is 0.849. The lowest BCUT2D eigenvalue weighted by Crippen LogP contribution is -2.47. The molecule has 1 aliphatic carbocycles. The fourth-order valence-corrected chi connectivity index (χ4v) is 4.64. The molecule has 2 rings (SSSR count). The second kappa shape index (κ2) is 5.17. The van der Waals surface area contributed by atoms with Gasteiger partial charge in [-0.25, -0.2) is 13.1 Å². The summed E-state index contributed by atoms with van der Waals surface area (Å²) in [4.78, 5) is 11.0. The predicted octanol–water partition coefficient (Wildman–Crippen LogP) is 1.36. The van der Waals surface area contributed by atoms with Crippen LogP contribution >= 0.6 is 0 Å². The van der Waals surface area contributed by atoms with Crippen LogP contribution in [-0.4, -0.2) is 30.2 Å². The number of carboxylic acids is 1. The summed E-state index contributed by atoms with van der Waals surface area (Å²) in [5, 5.41) is 12.6. The molecule has 0 aromatic carbocycles. The molecule has 0 saturated heterocycles. The Morgan fingerprint density at radius 3 is 2.45 bits per heavy atom. The molecule has 1 heterocycles. The van der Waals surface area contributed by atoms with Crippen molar-refractivity contribution in [2.75, 3.05) is 0 Å². The van der Waals surface area contributed by atoms with E-state index in [9.17, 15) is 13.2 Å². The van der Waals surface area contributed by atoms with Gasteiger partial charge in [0.05, 0.1) is 6.42 Å². The van der Waals surface area contributed by atoms with Crippen LogP contribution in [0.25, 0.3) is 0 Å². The van der Waals surface area contributed by atoms with Crippen molar-refractivity contribution < 1.29 is 22.8 Å². The lowest BCUT2D eigenvalue weighted by atomic mass is 9.95. The molecule has 1 aromatic rings. The molecule has 1 aliphatic rings. The number of nitrogens with zero attached hydrogens (tertiary/aromatic N) is 1. The molecule has 2 N–H and O–H groups in total. The Labute approximate surface area is 117 Å². The zero-order valence-corrected chi connectivity index (χ0v) is 12.3. The van der Waals surface area contributed by atoms with E-state index in [0.29, 0.717) is 12.8 Å². The summed E-state index contributed by atoms with van der Waals surface area (Å²) in [5.41, 5.74) is -0.626. The second-order valence-corrected chi connectivity index (χ2v) is 6.94. The first-order chi connectivity index (χ1) is 9.26. The van der Waals surface area contributed by atoms with E-state index in [1.54, 1.807) is 6.92 Å². The monoisotopic (exact) mass is 302 g/mol. The van der Waals surface area contributed by atoms with Crippen LogP contribution in [-0.2, 0) is 14.8 Å². The highest BCUT2D eigenvalue weighted by atomic mass is 32.2. The van der Waals surface area contributed by atoms with Crippen LogP contribution in [0.4, 0.5) is 0 Å².